The second-order valence-corrected chi connectivity index (χ2v) is 11.5. The fraction of sp³-hybridized carbons (Fsp3) is 1.00. The van der Waals surface area contributed by atoms with Crippen molar-refractivity contribution in [3.63, 3.8) is 0 Å². The number of hydrogen-bond acceptors (Lipinski definition) is 12. The van der Waals surface area contributed by atoms with E-state index in [2.05, 4.69) is 0 Å². The minimum absolute atomic E-state index is 0.0147. The molecule has 0 amide bonds. The van der Waals surface area contributed by atoms with E-state index in [9.17, 15) is 30.6 Å². The Labute approximate surface area is 265 Å². The Morgan fingerprint density at radius 1 is 0.364 bits per heavy atom. The van der Waals surface area contributed by atoms with E-state index in [-0.39, 0.29) is 52.9 Å². The predicted octanol–water partition coefficient (Wildman–Crippen LogP) is 1.97. The summed E-state index contributed by atoms with van der Waals surface area (Å²) in [5.41, 5.74) is 0. The van der Waals surface area contributed by atoms with Gasteiger partial charge >= 0.3 is 0 Å². The van der Waals surface area contributed by atoms with Gasteiger partial charge in [0.25, 0.3) is 0 Å². The van der Waals surface area contributed by atoms with Crippen LogP contribution in [0.1, 0.15) is 92.9 Å². The summed E-state index contributed by atoms with van der Waals surface area (Å²) in [5.74, 6) is 0. The predicted molar refractivity (Wildman–Crippen MR) is 168 cm³/mol. The molecule has 0 fully saturated rings. The molecule has 266 valence electrons. The molecule has 12 heteroatoms. The Morgan fingerprint density at radius 2 is 0.659 bits per heavy atom. The van der Waals surface area contributed by atoms with Gasteiger partial charge in [0.2, 0.25) is 0 Å². The molecule has 0 aromatic heterocycles. The third-order valence-electron chi connectivity index (χ3n) is 7.34. The van der Waals surface area contributed by atoms with E-state index < -0.39 is 61.0 Å². The van der Waals surface area contributed by atoms with Crippen molar-refractivity contribution in [1.29, 1.82) is 0 Å². The molecule has 0 heterocycles. The molecule has 0 bridgehead atoms. The molecule has 0 rings (SSSR count). The number of aliphatic hydroxyl groups is 6. The molecule has 0 aliphatic heterocycles. The minimum atomic E-state index is -0.944. The molecule has 0 aromatic rings. The summed E-state index contributed by atoms with van der Waals surface area (Å²) in [5, 5.41) is 62.0. The van der Waals surface area contributed by atoms with E-state index in [4.69, 9.17) is 28.4 Å². The summed E-state index contributed by atoms with van der Waals surface area (Å²) in [4.78, 5) is 0. The molecule has 0 aliphatic rings. The van der Waals surface area contributed by atoms with Crippen molar-refractivity contribution in [1.82, 2.24) is 0 Å². The zero-order chi connectivity index (χ0) is 33.3. The summed E-state index contributed by atoms with van der Waals surface area (Å²) in [6.07, 6.45) is -3.52. The van der Waals surface area contributed by atoms with Gasteiger partial charge in [-0.05, 0) is 38.5 Å². The summed E-state index contributed by atoms with van der Waals surface area (Å²) < 4.78 is 36.7. The van der Waals surface area contributed by atoms with Gasteiger partial charge in [0.05, 0.1) is 89.5 Å². The second-order valence-electron chi connectivity index (χ2n) is 11.5. The van der Waals surface area contributed by atoms with Crippen LogP contribution in [0.4, 0.5) is 0 Å². The normalized spacial score (nSPS) is 19.1. The van der Waals surface area contributed by atoms with Crippen LogP contribution in [0.3, 0.4) is 0 Å². The van der Waals surface area contributed by atoms with Crippen LogP contribution < -0.4 is 0 Å². The van der Waals surface area contributed by atoms with Crippen molar-refractivity contribution >= 4 is 0 Å². The van der Waals surface area contributed by atoms with Crippen molar-refractivity contribution in [3.05, 3.63) is 0 Å². The topological polar surface area (TPSA) is 177 Å². The molecule has 10 atom stereocenters. The Morgan fingerprint density at radius 3 is 1.00 bits per heavy atom. The summed E-state index contributed by atoms with van der Waals surface area (Å²) in [6.45, 7) is 11.2. The van der Waals surface area contributed by atoms with Gasteiger partial charge in [-0.15, -0.1) is 0 Å². The van der Waals surface area contributed by atoms with E-state index >= 15 is 0 Å². The molecular weight excluding hydrogens is 576 g/mol. The first-order valence-corrected chi connectivity index (χ1v) is 16.8. The zero-order valence-corrected chi connectivity index (χ0v) is 28.2. The number of aliphatic hydroxyl groups excluding tert-OH is 6. The molecule has 12 nitrogen and oxygen atoms in total. The lowest BCUT2D eigenvalue weighted by molar-refractivity contribution is -0.215. The van der Waals surface area contributed by atoms with Crippen LogP contribution in [0.15, 0.2) is 0 Å². The highest BCUT2D eigenvalue weighted by Gasteiger charge is 2.40. The van der Waals surface area contributed by atoms with Gasteiger partial charge in [-0.1, -0.05) is 54.4 Å². The molecule has 0 saturated carbocycles. The molecule has 10 unspecified atom stereocenters. The summed E-state index contributed by atoms with van der Waals surface area (Å²) in [6, 6.07) is 0. The van der Waals surface area contributed by atoms with Gasteiger partial charge in [-0.3, -0.25) is 0 Å². The Balaban J connectivity index is 6.57. The van der Waals surface area contributed by atoms with E-state index in [0.29, 0.717) is 38.5 Å². The lowest BCUT2D eigenvalue weighted by atomic mass is 10.0. The zero-order valence-electron chi connectivity index (χ0n) is 28.2. The molecule has 44 heavy (non-hydrogen) atoms. The molecule has 0 aromatic carbocycles. The van der Waals surface area contributed by atoms with Crippen molar-refractivity contribution in [2.75, 3.05) is 52.9 Å². The second kappa shape index (κ2) is 27.6. The fourth-order valence-corrected chi connectivity index (χ4v) is 4.16. The van der Waals surface area contributed by atoms with Gasteiger partial charge < -0.3 is 59.1 Å². The van der Waals surface area contributed by atoms with Gasteiger partial charge in [0.1, 0.15) is 24.4 Å². The molecule has 0 radical (unpaired) electrons. The first-order valence-electron chi connectivity index (χ1n) is 16.8. The van der Waals surface area contributed by atoms with E-state index in [1.54, 1.807) is 0 Å². The van der Waals surface area contributed by atoms with Gasteiger partial charge in [0, 0.05) is 0 Å². The highest BCUT2D eigenvalue weighted by Crippen LogP contribution is 2.22. The first-order chi connectivity index (χ1) is 21.1. The van der Waals surface area contributed by atoms with Crippen molar-refractivity contribution < 1.29 is 59.1 Å². The van der Waals surface area contributed by atoms with E-state index in [1.807, 2.05) is 41.5 Å². The van der Waals surface area contributed by atoms with Crippen LogP contribution in [-0.4, -0.2) is 145 Å². The minimum Gasteiger partial charge on any atom is -0.391 e. The monoisotopic (exact) mass is 642 g/mol. The lowest BCUT2D eigenvalue weighted by Gasteiger charge is -2.38. The Bertz CT molecular complexity index is 630. The highest BCUT2D eigenvalue weighted by atomic mass is 16.6. The van der Waals surface area contributed by atoms with E-state index in [1.165, 1.54) is 0 Å². The van der Waals surface area contributed by atoms with Crippen molar-refractivity contribution in [3.8, 4) is 0 Å². The summed E-state index contributed by atoms with van der Waals surface area (Å²) in [7, 11) is 0. The Kier molecular flexibility index (Phi) is 27.3. The third kappa shape index (κ3) is 20.6. The van der Waals surface area contributed by atoms with E-state index in [0.717, 1.165) is 12.8 Å². The largest absolute Gasteiger partial charge is 0.391 e. The molecule has 0 spiro atoms. The lowest BCUT2D eigenvalue weighted by Crippen LogP contribution is -2.54. The first kappa shape index (κ1) is 43.5. The quantitative estimate of drug-likeness (QED) is 0.0649. The van der Waals surface area contributed by atoms with Crippen LogP contribution >= 0.6 is 0 Å². The van der Waals surface area contributed by atoms with Gasteiger partial charge in [-0.2, -0.15) is 0 Å². The van der Waals surface area contributed by atoms with Crippen LogP contribution in [0.5, 0.6) is 0 Å². The number of rotatable bonds is 31. The molecule has 0 aliphatic carbocycles. The standard InChI is InChI=1S/C32H66O12/c1-7-13-27(37)19-42-30(22-40-16-24(34)10-4)32(44-20-28(38)14-8-2)31(43-18-26(36)12-6)29(41-17-25(35)11-5)21-39-15-23(33)9-3/h23-38H,7-22H2,1-6H3. The SMILES string of the molecule is CCCC(O)COC(COCC(O)CC)C(OCC(O)CCC)C(OCC(O)CC)C(COCC(O)CC)OCC(O)CC. The average Bonchev–Trinajstić information content (AvgIpc) is 3.01. The summed E-state index contributed by atoms with van der Waals surface area (Å²) >= 11 is 0. The molecule has 0 saturated heterocycles. The number of hydrogen-bond donors (Lipinski definition) is 6. The third-order valence-corrected chi connectivity index (χ3v) is 7.34. The molecule has 6 N–H and O–H groups in total. The van der Waals surface area contributed by atoms with Crippen LogP contribution in [0.2, 0.25) is 0 Å². The maximum atomic E-state index is 10.6. The van der Waals surface area contributed by atoms with Crippen LogP contribution in [0, 0.1) is 0 Å². The molecular formula is C32H66O12. The maximum Gasteiger partial charge on any atom is 0.115 e. The maximum absolute atomic E-state index is 10.6. The average molecular weight is 643 g/mol. The fourth-order valence-electron chi connectivity index (χ4n) is 4.16. The van der Waals surface area contributed by atoms with Gasteiger partial charge in [0.15, 0.2) is 0 Å². The smallest absolute Gasteiger partial charge is 0.115 e. The van der Waals surface area contributed by atoms with Crippen LogP contribution in [-0.2, 0) is 28.4 Å². The van der Waals surface area contributed by atoms with Crippen molar-refractivity contribution in [2.45, 2.75) is 154 Å². The Hall–Kier alpha value is -0.480. The van der Waals surface area contributed by atoms with Crippen LogP contribution in [0.25, 0.3) is 0 Å². The van der Waals surface area contributed by atoms with Gasteiger partial charge in [-0.25, -0.2) is 0 Å². The number of ether oxygens (including phenoxy) is 6. The van der Waals surface area contributed by atoms with Crippen molar-refractivity contribution in [2.24, 2.45) is 0 Å². The highest BCUT2D eigenvalue weighted by molar-refractivity contribution is 4.88.